The molecule has 1 aromatic heterocycles. The first-order valence-electron chi connectivity index (χ1n) is 7.06. The number of carboxylic acid groups (broad SMARTS) is 1. The lowest BCUT2D eigenvalue weighted by molar-refractivity contribution is -0.120. The van der Waals surface area contributed by atoms with Gasteiger partial charge in [0.25, 0.3) is 0 Å². The second-order valence-corrected chi connectivity index (χ2v) is 5.08. The molecule has 0 aliphatic heterocycles. The predicted octanol–water partition coefficient (Wildman–Crippen LogP) is 2.38. The van der Waals surface area contributed by atoms with Crippen molar-refractivity contribution in [3.05, 3.63) is 65.4 Å². The number of amides is 1. The summed E-state index contributed by atoms with van der Waals surface area (Å²) in [6.45, 7) is 0.260. The summed E-state index contributed by atoms with van der Waals surface area (Å²) in [5.74, 6) is -1.20. The van der Waals surface area contributed by atoms with Crippen LogP contribution < -0.4 is 5.32 Å². The van der Waals surface area contributed by atoms with Crippen LogP contribution in [0.4, 0.5) is 0 Å². The molecule has 0 unspecified atom stereocenters. The van der Waals surface area contributed by atoms with Gasteiger partial charge >= 0.3 is 5.97 Å². The lowest BCUT2D eigenvalue weighted by Gasteiger charge is -2.05. The van der Waals surface area contributed by atoms with Crippen LogP contribution in [0.2, 0.25) is 0 Å². The molecule has 1 amide bonds. The number of aromatic carboxylic acids is 1. The molecule has 2 aromatic carbocycles. The van der Waals surface area contributed by atoms with Gasteiger partial charge in [-0.3, -0.25) is 4.79 Å². The molecular formula is C17H14N2O4. The largest absolute Gasteiger partial charge is 0.478 e. The van der Waals surface area contributed by atoms with Gasteiger partial charge < -0.3 is 14.9 Å². The summed E-state index contributed by atoms with van der Waals surface area (Å²) in [5.41, 5.74) is 2.14. The van der Waals surface area contributed by atoms with Crippen molar-refractivity contribution < 1.29 is 19.2 Å². The number of para-hydroxylation sites is 1. The van der Waals surface area contributed by atoms with E-state index in [4.69, 9.17) is 9.63 Å². The second-order valence-electron chi connectivity index (χ2n) is 5.08. The predicted molar refractivity (Wildman–Crippen MR) is 83.0 cm³/mol. The molecule has 0 fully saturated rings. The standard InChI is InChI=1S/C17H14N2O4/c20-16(9-14-13-6-1-2-7-15(13)23-19-14)18-10-11-4-3-5-12(8-11)17(21)22/h1-8H,9-10H2,(H,18,20)(H,21,22). The average Bonchev–Trinajstić information content (AvgIpc) is 2.96. The van der Waals surface area contributed by atoms with Crippen molar-refractivity contribution in [3.8, 4) is 0 Å². The minimum Gasteiger partial charge on any atom is -0.478 e. The number of nitrogens with zero attached hydrogens (tertiary/aromatic N) is 1. The Kier molecular flexibility index (Phi) is 4.05. The molecule has 1 heterocycles. The summed E-state index contributed by atoms with van der Waals surface area (Å²) in [7, 11) is 0. The van der Waals surface area contributed by atoms with E-state index >= 15 is 0 Å². The zero-order valence-electron chi connectivity index (χ0n) is 12.2. The van der Waals surface area contributed by atoms with Crippen LogP contribution in [-0.2, 0) is 17.8 Å². The van der Waals surface area contributed by atoms with Gasteiger partial charge in [0, 0.05) is 11.9 Å². The number of carbonyl (C=O) groups excluding carboxylic acids is 1. The fourth-order valence-electron chi connectivity index (χ4n) is 2.30. The maximum atomic E-state index is 12.0. The molecule has 0 aliphatic carbocycles. The lowest BCUT2D eigenvalue weighted by atomic mass is 10.1. The van der Waals surface area contributed by atoms with E-state index in [2.05, 4.69) is 10.5 Å². The van der Waals surface area contributed by atoms with E-state index in [-0.39, 0.29) is 24.4 Å². The normalized spacial score (nSPS) is 10.6. The Labute approximate surface area is 131 Å². The van der Waals surface area contributed by atoms with E-state index in [0.29, 0.717) is 11.3 Å². The minimum atomic E-state index is -0.993. The summed E-state index contributed by atoms with van der Waals surface area (Å²) in [6, 6.07) is 13.8. The van der Waals surface area contributed by atoms with Gasteiger partial charge in [-0.1, -0.05) is 29.4 Å². The molecule has 0 aliphatic rings. The van der Waals surface area contributed by atoms with Gasteiger partial charge in [0.1, 0.15) is 5.69 Å². The van der Waals surface area contributed by atoms with Crippen LogP contribution in [0.3, 0.4) is 0 Å². The van der Waals surface area contributed by atoms with E-state index in [1.54, 1.807) is 18.2 Å². The van der Waals surface area contributed by atoms with Crippen LogP contribution >= 0.6 is 0 Å². The summed E-state index contributed by atoms with van der Waals surface area (Å²) in [4.78, 5) is 23.0. The van der Waals surface area contributed by atoms with Crippen LogP contribution in [0.25, 0.3) is 11.0 Å². The molecule has 2 N–H and O–H groups in total. The molecule has 0 atom stereocenters. The van der Waals surface area contributed by atoms with E-state index < -0.39 is 5.97 Å². The smallest absolute Gasteiger partial charge is 0.335 e. The molecule has 0 saturated heterocycles. The zero-order valence-corrected chi connectivity index (χ0v) is 12.2. The molecule has 0 spiro atoms. The van der Waals surface area contributed by atoms with Crippen molar-refractivity contribution in [2.45, 2.75) is 13.0 Å². The van der Waals surface area contributed by atoms with Gasteiger partial charge in [-0.2, -0.15) is 0 Å². The summed E-state index contributed by atoms with van der Waals surface area (Å²) < 4.78 is 5.16. The van der Waals surface area contributed by atoms with Gasteiger partial charge in [0.15, 0.2) is 5.58 Å². The van der Waals surface area contributed by atoms with Crippen LogP contribution in [0.5, 0.6) is 0 Å². The number of nitrogens with one attached hydrogen (secondary N) is 1. The van der Waals surface area contributed by atoms with E-state index in [1.807, 2.05) is 18.2 Å². The van der Waals surface area contributed by atoms with Gasteiger partial charge in [-0.25, -0.2) is 4.79 Å². The highest BCUT2D eigenvalue weighted by molar-refractivity contribution is 5.88. The first-order valence-corrected chi connectivity index (χ1v) is 7.06. The summed E-state index contributed by atoms with van der Waals surface area (Å²) >= 11 is 0. The van der Waals surface area contributed by atoms with E-state index in [1.165, 1.54) is 12.1 Å². The number of benzene rings is 2. The average molecular weight is 310 g/mol. The quantitative estimate of drug-likeness (QED) is 0.755. The van der Waals surface area contributed by atoms with Crippen molar-refractivity contribution in [1.82, 2.24) is 10.5 Å². The highest BCUT2D eigenvalue weighted by Gasteiger charge is 2.12. The monoisotopic (exact) mass is 310 g/mol. The molecule has 6 nitrogen and oxygen atoms in total. The number of fused-ring (bicyclic) bond motifs is 1. The second kappa shape index (κ2) is 6.31. The van der Waals surface area contributed by atoms with Crippen molar-refractivity contribution in [2.75, 3.05) is 0 Å². The van der Waals surface area contributed by atoms with Gasteiger partial charge in [0.05, 0.1) is 12.0 Å². The summed E-state index contributed by atoms with van der Waals surface area (Å²) in [6.07, 6.45) is 0.107. The third-order valence-electron chi connectivity index (χ3n) is 3.44. The van der Waals surface area contributed by atoms with Crippen LogP contribution in [0.15, 0.2) is 53.1 Å². The maximum absolute atomic E-state index is 12.0. The fourth-order valence-corrected chi connectivity index (χ4v) is 2.30. The fraction of sp³-hybridized carbons (Fsp3) is 0.118. The highest BCUT2D eigenvalue weighted by Crippen LogP contribution is 2.18. The van der Waals surface area contributed by atoms with Crippen molar-refractivity contribution >= 4 is 22.8 Å². The Hall–Kier alpha value is -3.15. The van der Waals surface area contributed by atoms with Crippen LogP contribution in [-0.4, -0.2) is 22.1 Å². The Morgan fingerprint density at radius 1 is 1.13 bits per heavy atom. The van der Waals surface area contributed by atoms with Crippen LogP contribution in [0, 0.1) is 0 Å². The summed E-state index contributed by atoms with van der Waals surface area (Å²) in [5, 5.41) is 16.4. The third-order valence-corrected chi connectivity index (χ3v) is 3.44. The molecular weight excluding hydrogens is 296 g/mol. The zero-order chi connectivity index (χ0) is 16.2. The topological polar surface area (TPSA) is 92.4 Å². The van der Waals surface area contributed by atoms with Crippen molar-refractivity contribution in [2.24, 2.45) is 0 Å². The number of carboxylic acids is 1. The van der Waals surface area contributed by atoms with Crippen LogP contribution in [0.1, 0.15) is 21.6 Å². The number of aromatic nitrogens is 1. The SMILES string of the molecule is O=C(Cc1noc2ccccc12)NCc1cccc(C(=O)O)c1. The Morgan fingerprint density at radius 3 is 2.78 bits per heavy atom. The molecule has 0 bridgehead atoms. The molecule has 116 valence electrons. The minimum absolute atomic E-state index is 0.107. The number of hydrogen-bond acceptors (Lipinski definition) is 4. The van der Waals surface area contributed by atoms with Gasteiger partial charge in [0.2, 0.25) is 5.91 Å². The van der Waals surface area contributed by atoms with Crippen molar-refractivity contribution in [1.29, 1.82) is 0 Å². The first-order chi connectivity index (χ1) is 11.1. The Morgan fingerprint density at radius 2 is 1.96 bits per heavy atom. The molecule has 3 aromatic rings. The number of rotatable bonds is 5. The number of carbonyl (C=O) groups is 2. The first kappa shape index (κ1) is 14.8. The molecule has 6 heteroatoms. The molecule has 0 saturated carbocycles. The van der Waals surface area contributed by atoms with Crippen molar-refractivity contribution in [3.63, 3.8) is 0 Å². The number of hydrogen-bond donors (Lipinski definition) is 2. The molecule has 23 heavy (non-hydrogen) atoms. The van der Waals surface area contributed by atoms with E-state index in [0.717, 1.165) is 10.9 Å². The highest BCUT2D eigenvalue weighted by atomic mass is 16.5. The Bertz CT molecular complexity index is 870. The maximum Gasteiger partial charge on any atom is 0.335 e. The van der Waals surface area contributed by atoms with Gasteiger partial charge in [-0.15, -0.1) is 0 Å². The van der Waals surface area contributed by atoms with Gasteiger partial charge in [-0.05, 0) is 29.8 Å². The lowest BCUT2D eigenvalue weighted by Crippen LogP contribution is -2.24. The van der Waals surface area contributed by atoms with E-state index in [9.17, 15) is 9.59 Å². The molecule has 3 rings (SSSR count). The third kappa shape index (κ3) is 3.37. The molecule has 0 radical (unpaired) electrons. The Balaban J connectivity index is 1.64.